The summed E-state index contributed by atoms with van der Waals surface area (Å²) in [6.45, 7) is 1.67. The molecule has 0 rings (SSSR count). The Hall–Kier alpha value is -1.85. The largest absolute Gasteiger partial charge is 0.516 e. The Bertz CT molecular complexity index is 255. The van der Waals surface area contributed by atoms with Gasteiger partial charge in [0.2, 0.25) is 0 Å². The number of methoxy groups -OCH3 is 1. The average Bonchev–Trinajstić information content (AvgIpc) is 2.14. The summed E-state index contributed by atoms with van der Waals surface area (Å²) in [5.74, 6) is -1.71. The lowest BCUT2D eigenvalue weighted by atomic mass is 10.5. The minimum atomic E-state index is -1.10. The summed E-state index contributed by atoms with van der Waals surface area (Å²) < 4.78 is 12.6. The summed E-state index contributed by atoms with van der Waals surface area (Å²) in [4.78, 5) is 31.8. The third kappa shape index (κ3) is 5.76. The summed E-state index contributed by atoms with van der Waals surface area (Å²) in [6, 6.07) is 0. The van der Waals surface area contributed by atoms with Crippen LogP contribution in [0.1, 0.15) is 6.92 Å². The van der Waals surface area contributed by atoms with E-state index in [1.54, 1.807) is 6.92 Å². The van der Waals surface area contributed by atoms with Crippen molar-refractivity contribution in [1.82, 2.24) is 0 Å². The normalized spacial score (nSPS) is 9.57. The van der Waals surface area contributed by atoms with E-state index in [2.05, 4.69) is 14.2 Å². The number of carbonyl (C=O) groups is 3. The van der Waals surface area contributed by atoms with Crippen LogP contribution in [0.25, 0.3) is 0 Å². The molecule has 0 aromatic heterocycles. The molecule has 6 heteroatoms. The highest BCUT2D eigenvalue weighted by molar-refractivity contribution is 5.95. The summed E-state index contributed by atoms with van der Waals surface area (Å²) in [6.07, 6.45) is 0.497. The van der Waals surface area contributed by atoms with Gasteiger partial charge in [-0.3, -0.25) is 0 Å². The molecule has 0 spiro atoms. The van der Waals surface area contributed by atoms with Crippen LogP contribution in [-0.4, -0.2) is 31.8 Å². The van der Waals surface area contributed by atoms with Gasteiger partial charge in [-0.05, 0) is 6.92 Å². The zero-order chi connectivity index (χ0) is 11.0. The second-order valence-electron chi connectivity index (χ2n) is 1.96. The van der Waals surface area contributed by atoms with Gasteiger partial charge in [-0.2, -0.15) is 0 Å². The van der Waals surface area contributed by atoms with Crippen LogP contribution >= 0.6 is 0 Å². The van der Waals surface area contributed by atoms with Crippen molar-refractivity contribution in [3.8, 4) is 0 Å². The van der Waals surface area contributed by atoms with E-state index in [4.69, 9.17) is 0 Å². The molecule has 0 saturated carbocycles. The van der Waals surface area contributed by atoms with E-state index in [1.807, 2.05) is 0 Å². The molecule has 78 valence electrons. The third-order valence-electron chi connectivity index (χ3n) is 1.00. The van der Waals surface area contributed by atoms with Crippen LogP contribution in [0.4, 0.5) is 4.79 Å². The van der Waals surface area contributed by atoms with Crippen LogP contribution in [0.5, 0.6) is 0 Å². The van der Waals surface area contributed by atoms with Crippen molar-refractivity contribution in [3.05, 3.63) is 12.2 Å². The second-order valence-corrected chi connectivity index (χ2v) is 1.96. The molecule has 0 atom stereocenters. The molecule has 0 radical (unpaired) electrons. The number of hydrogen-bond donors (Lipinski definition) is 0. The van der Waals surface area contributed by atoms with Crippen LogP contribution in [-0.2, 0) is 23.8 Å². The van der Waals surface area contributed by atoms with E-state index in [0.717, 1.165) is 19.3 Å². The first-order chi connectivity index (χ1) is 6.60. The molecule has 0 saturated heterocycles. The standard InChI is InChI=1S/C8H10O6/c1-3-13-8(11)14-7(10)5-4-6(9)12-2/h4-5H,3H2,1-2H3/b5-4+. The monoisotopic (exact) mass is 202 g/mol. The average molecular weight is 202 g/mol. The number of esters is 2. The lowest BCUT2D eigenvalue weighted by molar-refractivity contribution is -0.137. The Balaban J connectivity index is 3.92. The fourth-order valence-electron chi connectivity index (χ4n) is 0.468. The van der Waals surface area contributed by atoms with E-state index in [1.165, 1.54) is 0 Å². The zero-order valence-corrected chi connectivity index (χ0v) is 7.81. The van der Waals surface area contributed by atoms with E-state index >= 15 is 0 Å². The highest BCUT2D eigenvalue weighted by Crippen LogP contribution is 1.88. The van der Waals surface area contributed by atoms with Gasteiger partial charge >= 0.3 is 18.1 Å². The molecule has 0 fully saturated rings. The lowest BCUT2D eigenvalue weighted by Gasteiger charge is -1.98. The first-order valence-electron chi connectivity index (χ1n) is 3.74. The summed E-state index contributed by atoms with van der Waals surface area (Å²) in [5, 5.41) is 0. The zero-order valence-electron chi connectivity index (χ0n) is 7.81. The molecular weight excluding hydrogens is 192 g/mol. The number of hydrogen-bond acceptors (Lipinski definition) is 6. The van der Waals surface area contributed by atoms with Gasteiger partial charge in [0.15, 0.2) is 0 Å². The van der Waals surface area contributed by atoms with Crippen molar-refractivity contribution in [2.75, 3.05) is 13.7 Å². The molecule has 0 aromatic carbocycles. The highest BCUT2D eigenvalue weighted by Gasteiger charge is 2.07. The van der Waals surface area contributed by atoms with Gasteiger partial charge in [-0.15, -0.1) is 0 Å². The molecule has 0 bridgehead atoms. The second kappa shape index (κ2) is 6.64. The van der Waals surface area contributed by atoms with Crippen molar-refractivity contribution in [2.45, 2.75) is 6.92 Å². The van der Waals surface area contributed by atoms with Gasteiger partial charge in [0, 0.05) is 12.2 Å². The smallest absolute Gasteiger partial charge is 0.466 e. The molecule has 0 aliphatic heterocycles. The number of ether oxygens (including phenoxy) is 3. The van der Waals surface area contributed by atoms with E-state index in [9.17, 15) is 14.4 Å². The molecule has 0 heterocycles. The maximum Gasteiger partial charge on any atom is 0.516 e. The molecule has 0 aliphatic rings. The van der Waals surface area contributed by atoms with Crippen LogP contribution in [0.15, 0.2) is 12.2 Å². The Kier molecular flexibility index (Phi) is 5.77. The molecule has 0 unspecified atom stereocenters. The van der Waals surface area contributed by atoms with Gasteiger partial charge in [-0.1, -0.05) is 0 Å². The van der Waals surface area contributed by atoms with Gasteiger partial charge in [-0.25, -0.2) is 14.4 Å². The third-order valence-corrected chi connectivity index (χ3v) is 1.00. The summed E-state index contributed by atoms with van der Waals surface area (Å²) in [7, 11) is 1.16. The van der Waals surface area contributed by atoms with Gasteiger partial charge in [0.25, 0.3) is 0 Å². The first-order valence-corrected chi connectivity index (χ1v) is 3.74. The quantitative estimate of drug-likeness (QED) is 0.374. The predicted molar refractivity (Wildman–Crippen MR) is 44.3 cm³/mol. The summed E-state index contributed by atoms with van der Waals surface area (Å²) >= 11 is 0. The van der Waals surface area contributed by atoms with Crippen molar-refractivity contribution >= 4 is 18.1 Å². The number of rotatable bonds is 3. The lowest BCUT2D eigenvalue weighted by Crippen LogP contribution is -2.12. The molecule has 6 nitrogen and oxygen atoms in total. The van der Waals surface area contributed by atoms with Crippen LogP contribution in [0.2, 0.25) is 0 Å². The predicted octanol–water partition coefficient (Wildman–Crippen LogP) is 0.415. The van der Waals surface area contributed by atoms with E-state index in [0.29, 0.717) is 0 Å². The molecule has 0 amide bonds. The van der Waals surface area contributed by atoms with Crippen molar-refractivity contribution < 1.29 is 28.6 Å². The SMILES string of the molecule is CCOC(=O)OC(=O)/C=C/C(=O)OC. The summed E-state index contributed by atoms with van der Waals surface area (Å²) in [5.41, 5.74) is 0. The molecule has 0 aromatic rings. The molecule has 0 N–H and O–H groups in total. The first kappa shape index (κ1) is 12.2. The van der Waals surface area contributed by atoms with E-state index < -0.39 is 18.1 Å². The fraction of sp³-hybridized carbons (Fsp3) is 0.375. The molecule has 14 heavy (non-hydrogen) atoms. The van der Waals surface area contributed by atoms with Crippen molar-refractivity contribution in [2.24, 2.45) is 0 Å². The minimum absolute atomic E-state index is 0.104. The van der Waals surface area contributed by atoms with Crippen LogP contribution in [0, 0.1) is 0 Å². The van der Waals surface area contributed by atoms with Gasteiger partial charge in [0.1, 0.15) is 0 Å². The van der Waals surface area contributed by atoms with Crippen LogP contribution < -0.4 is 0 Å². The maximum atomic E-state index is 10.7. The van der Waals surface area contributed by atoms with Crippen molar-refractivity contribution in [3.63, 3.8) is 0 Å². The van der Waals surface area contributed by atoms with Gasteiger partial charge in [0.05, 0.1) is 13.7 Å². The van der Waals surface area contributed by atoms with E-state index in [-0.39, 0.29) is 6.61 Å². The fourth-order valence-corrected chi connectivity index (χ4v) is 0.468. The Morgan fingerprint density at radius 2 is 1.71 bits per heavy atom. The maximum absolute atomic E-state index is 10.7. The topological polar surface area (TPSA) is 78.9 Å². The van der Waals surface area contributed by atoms with Gasteiger partial charge < -0.3 is 14.2 Å². The number of carbonyl (C=O) groups excluding carboxylic acids is 3. The van der Waals surface area contributed by atoms with Crippen LogP contribution in [0.3, 0.4) is 0 Å². The molecule has 0 aliphatic carbocycles. The Labute approximate surface area is 80.4 Å². The highest BCUT2D eigenvalue weighted by atomic mass is 16.7. The minimum Gasteiger partial charge on any atom is -0.466 e. The van der Waals surface area contributed by atoms with Crippen molar-refractivity contribution in [1.29, 1.82) is 0 Å². The Morgan fingerprint density at radius 1 is 1.14 bits per heavy atom. The molecular formula is C8H10O6. The Morgan fingerprint density at radius 3 is 2.21 bits per heavy atom.